The molecule has 2 atom stereocenters. The van der Waals surface area contributed by atoms with Gasteiger partial charge in [-0.3, -0.25) is 0 Å². The maximum Gasteiger partial charge on any atom is 0.211 e. The predicted molar refractivity (Wildman–Crippen MR) is 131 cm³/mol. The number of allylic oxidation sites excluding steroid dienone is 3. The summed E-state index contributed by atoms with van der Waals surface area (Å²) in [5, 5.41) is 0.518. The van der Waals surface area contributed by atoms with Crippen LogP contribution in [0.3, 0.4) is 0 Å². The zero-order valence-electron chi connectivity index (χ0n) is 19.7. The van der Waals surface area contributed by atoms with Crippen molar-refractivity contribution >= 4 is 21.6 Å². The second-order valence-corrected chi connectivity index (χ2v) is 11.4. The van der Waals surface area contributed by atoms with E-state index in [-0.39, 0.29) is 31.7 Å². The van der Waals surface area contributed by atoms with Crippen LogP contribution in [-0.4, -0.2) is 44.8 Å². The molecule has 1 heterocycles. The van der Waals surface area contributed by atoms with Gasteiger partial charge in [-0.25, -0.2) is 21.6 Å². The van der Waals surface area contributed by atoms with Gasteiger partial charge in [0.2, 0.25) is 10.0 Å². The summed E-state index contributed by atoms with van der Waals surface area (Å²) in [4.78, 5) is 0. The Kier molecular flexibility index (Phi) is 8.26. The summed E-state index contributed by atoms with van der Waals surface area (Å²) in [7, 11) is -3.56. The molecule has 1 aliphatic carbocycles. The van der Waals surface area contributed by atoms with Crippen LogP contribution in [0.5, 0.6) is 0 Å². The standard InChI is InChI=1S/C26H27ClF3NO4S/c1-36(32,33)31-14-13-26(20-8-10-21(27)11-9-20,35-16-18-5-3-2-4-6-18)23(15-31)34-17-19-7-12-22(28)25(30)24(19)29/h2-3,5,7-12,23H,4,6,13-17H2,1H3/t23-,26-/m1/s1. The number of halogens is 4. The van der Waals surface area contributed by atoms with Crippen molar-refractivity contribution in [3.8, 4) is 0 Å². The minimum absolute atomic E-state index is 0.0638. The highest BCUT2D eigenvalue weighted by Gasteiger charge is 2.48. The van der Waals surface area contributed by atoms with Gasteiger partial charge in [0.15, 0.2) is 17.5 Å². The van der Waals surface area contributed by atoms with Crippen molar-refractivity contribution in [2.75, 3.05) is 26.0 Å². The highest BCUT2D eigenvalue weighted by atomic mass is 35.5. The van der Waals surface area contributed by atoms with Crippen LogP contribution in [0.1, 0.15) is 30.4 Å². The number of benzene rings is 2. The third-order valence-corrected chi connectivity index (χ3v) is 8.12. The third kappa shape index (κ3) is 5.86. The van der Waals surface area contributed by atoms with Crippen LogP contribution in [0, 0.1) is 17.5 Å². The number of rotatable bonds is 8. The molecule has 0 spiro atoms. The molecule has 2 aromatic carbocycles. The summed E-state index contributed by atoms with van der Waals surface area (Å²) in [6.45, 7) is -0.00775. The first-order valence-electron chi connectivity index (χ1n) is 11.5. The highest BCUT2D eigenvalue weighted by molar-refractivity contribution is 7.88. The van der Waals surface area contributed by atoms with E-state index in [0.29, 0.717) is 5.02 Å². The lowest BCUT2D eigenvalue weighted by Gasteiger charge is -2.47. The summed E-state index contributed by atoms with van der Waals surface area (Å²) >= 11 is 6.12. The third-order valence-electron chi connectivity index (χ3n) is 6.59. The van der Waals surface area contributed by atoms with Gasteiger partial charge in [0.05, 0.1) is 19.5 Å². The molecule has 194 valence electrons. The fourth-order valence-electron chi connectivity index (χ4n) is 4.54. The first-order valence-corrected chi connectivity index (χ1v) is 13.8. The Balaban J connectivity index is 1.70. The average Bonchev–Trinajstić information content (AvgIpc) is 2.86. The molecule has 0 amide bonds. The fraction of sp³-hybridized carbons (Fsp3) is 0.385. The minimum Gasteiger partial charge on any atom is -0.369 e. The Labute approximate surface area is 214 Å². The monoisotopic (exact) mass is 541 g/mol. The van der Waals surface area contributed by atoms with Gasteiger partial charge >= 0.3 is 0 Å². The molecule has 2 aliphatic rings. The predicted octanol–water partition coefficient (Wildman–Crippen LogP) is 5.50. The molecular formula is C26H27ClF3NO4S. The van der Waals surface area contributed by atoms with Crippen molar-refractivity contribution in [1.29, 1.82) is 0 Å². The van der Waals surface area contributed by atoms with Gasteiger partial charge in [-0.1, -0.05) is 48.0 Å². The Morgan fingerprint density at radius 3 is 2.50 bits per heavy atom. The van der Waals surface area contributed by atoms with Crippen LogP contribution in [0.25, 0.3) is 0 Å². The second kappa shape index (κ2) is 11.1. The maximum absolute atomic E-state index is 14.4. The lowest BCUT2D eigenvalue weighted by atomic mass is 9.82. The number of piperidine rings is 1. The molecule has 0 saturated carbocycles. The molecule has 0 radical (unpaired) electrons. The van der Waals surface area contributed by atoms with Crippen LogP contribution < -0.4 is 0 Å². The maximum atomic E-state index is 14.4. The van der Waals surface area contributed by atoms with Gasteiger partial charge in [0.1, 0.15) is 11.7 Å². The lowest BCUT2D eigenvalue weighted by molar-refractivity contribution is -0.175. The zero-order chi connectivity index (χ0) is 25.9. The molecule has 1 fully saturated rings. The Morgan fingerprint density at radius 2 is 1.83 bits per heavy atom. The van der Waals surface area contributed by atoms with E-state index in [1.165, 1.54) is 4.31 Å². The molecule has 1 aliphatic heterocycles. The SMILES string of the molecule is CS(=O)(=O)N1CC[C@@](OCC2=CC=CCC2)(c2ccc(Cl)cc2)[C@H](OCc2ccc(F)c(F)c2F)C1. The summed E-state index contributed by atoms with van der Waals surface area (Å²) in [5.41, 5.74) is 0.517. The summed E-state index contributed by atoms with van der Waals surface area (Å²) < 4.78 is 80.3. The zero-order valence-corrected chi connectivity index (χ0v) is 21.3. The van der Waals surface area contributed by atoms with Crippen LogP contribution >= 0.6 is 11.6 Å². The fourth-order valence-corrected chi connectivity index (χ4v) is 5.49. The van der Waals surface area contributed by atoms with Crippen molar-refractivity contribution in [2.24, 2.45) is 0 Å². The normalized spacial score (nSPS) is 23.0. The van der Waals surface area contributed by atoms with E-state index >= 15 is 0 Å². The quantitative estimate of drug-likeness (QED) is 0.414. The summed E-state index contributed by atoms with van der Waals surface area (Å²) in [5.74, 6) is -4.23. The van der Waals surface area contributed by atoms with E-state index in [0.717, 1.165) is 42.4 Å². The van der Waals surface area contributed by atoms with Gasteiger partial charge in [-0.2, -0.15) is 4.31 Å². The van der Waals surface area contributed by atoms with Crippen LogP contribution in [0.15, 0.2) is 60.2 Å². The van der Waals surface area contributed by atoms with Crippen LogP contribution in [0.4, 0.5) is 13.2 Å². The molecule has 4 rings (SSSR count). The molecule has 36 heavy (non-hydrogen) atoms. The van der Waals surface area contributed by atoms with E-state index in [4.69, 9.17) is 21.1 Å². The van der Waals surface area contributed by atoms with Crippen LogP contribution in [0.2, 0.25) is 5.02 Å². The number of nitrogens with zero attached hydrogens (tertiary/aromatic N) is 1. The highest BCUT2D eigenvalue weighted by Crippen LogP contribution is 2.41. The second-order valence-electron chi connectivity index (χ2n) is 8.98. The van der Waals surface area contributed by atoms with Gasteiger partial charge in [0, 0.05) is 23.7 Å². The van der Waals surface area contributed by atoms with E-state index in [1.54, 1.807) is 24.3 Å². The number of hydrogen-bond donors (Lipinski definition) is 0. The van der Waals surface area contributed by atoms with Gasteiger partial charge in [0.25, 0.3) is 0 Å². The van der Waals surface area contributed by atoms with Crippen molar-refractivity contribution < 1.29 is 31.1 Å². The average molecular weight is 542 g/mol. The molecule has 0 aromatic heterocycles. The molecule has 2 aromatic rings. The number of ether oxygens (including phenoxy) is 2. The molecule has 1 saturated heterocycles. The molecule has 0 N–H and O–H groups in total. The molecular weight excluding hydrogens is 515 g/mol. The summed E-state index contributed by atoms with van der Waals surface area (Å²) in [6, 6.07) is 8.94. The lowest BCUT2D eigenvalue weighted by Crippen LogP contribution is -2.57. The van der Waals surface area contributed by atoms with E-state index in [2.05, 4.69) is 6.08 Å². The Hall–Kier alpha value is -2.17. The molecule has 10 heteroatoms. The molecule has 5 nitrogen and oxygen atoms in total. The Bertz CT molecular complexity index is 1270. The van der Waals surface area contributed by atoms with Crippen molar-refractivity contribution in [1.82, 2.24) is 4.31 Å². The smallest absolute Gasteiger partial charge is 0.211 e. The Morgan fingerprint density at radius 1 is 1.08 bits per heavy atom. The van der Waals surface area contributed by atoms with Crippen molar-refractivity contribution in [3.63, 3.8) is 0 Å². The summed E-state index contributed by atoms with van der Waals surface area (Å²) in [6.07, 6.45) is 8.21. The first-order chi connectivity index (χ1) is 17.1. The minimum atomic E-state index is -3.56. The topological polar surface area (TPSA) is 55.8 Å². The van der Waals surface area contributed by atoms with E-state index in [9.17, 15) is 21.6 Å². The van der Waals surface area contributed by atoms with E-state index < -0.39 is 45.8 Å². The van der Waals surface area contributed by atoms with E-state index in [1.807, 2.05) is 12.2 Å². The van der Waals surface area contributed by atoms with Gasteiger partial charge in [-0.05, 0) is 48.6 Å². The van der Waals surface area contributed by atoms with Crippen molar-refractivity contribution in [2.45, 2.75) is 37.6 Å². The first kappa shape index (κ1) is 26.9. The van der Waals surface area contributed by atoms with Crippen LogP contribution in [-0.2, 0) is 31.7 Å². The molecule has 0 bridgehead atoms. The number of sulfonamides is 1. The van der Waals surface area contributed by atoms with Gasteiger partial charge < -0.3 is 9.47 Å². The van der Waals surface area contributed by atoms with Gasteiger partial charge in [-0.15, -0.1) is 0 Å². The molecule has 0 unspecified atom stereocenters. The number of hydrogen-bond acceptors (Lipinski definition) is 4. The van der Waals surface area contributed by atoms with Crippen molar-refractivity contribution in [3.05, 3.63) is 93.8 Å². The largest absolute Gasteiger partial charge is 0.369 e.